The number of primary amides is 1. The lowest BCUT2D eigenvalue weighted by molar-refractivity contribution is -0.118. The van der Waals surface area contributed by atoms with Crippen molar-refractivity contribution in [3.63, 3.8) is 0 Å². The van der Waals surface area contributed by atoms with Crippen LogP contribution in [0.25, 0.3) is 0 Å². The van der Waals surface area contributed by atoms with Gasteiger partial charge < -0.3 is 36.3 Å². The van der Waals surface area contributed by atoms with Gasteiger partial charge in [0.1, 0.15) is 12.1 Å². The van der Waals surface area contributed by atoms with E-state index >= 15 is 0 Å². The number of rotatable bonds is 12. The second-order valence-corrected chi connectivity index (χ2v) is 11.5. The number of hydrogen-bond donors (Lipinski definition) is 5. The van der Waals surface area contributed by atoms with Crippen LogP contribution >= 0.6 is 0 Å². The van der Waals surface area contributed by atoms with E-state index < -0.39 is 30.1 Å². The van der Waals surface area contributed by atoms with Gasteiger partial charge in [-0.25, -0.2) is 9.59 Å². The Kier molecular flexibility index (Phi) is 10.5. The molecule has 6 N–H and O–H groups in total. The van der Waals surface area contributed by atoms with Crippen molar-refractivity contribution in [2.45, 2.75) is 62.3 Å². The number of nitrogens with two attached hydrogens (primary N) is 1. The summed E-state index contributed by atoms with van der Waals surface area (Å²) < 4.78 is 11.6. The smallest absolute Gasteiger partial charge is 0.405 e. The first kappa shape index (κ1) is 31.0. The number of anilines is 1. The quantitative estimate of drug-likeness (QED) is 0.203. The maximum Gasteiger partial charge on any atom is 0.405 e. The maximum absolute atomic E-state index is 13.8. The normalized spacial score (nSPS) is 19.8. The minimum Gasteiger partial charge on any atom is -0.465 e. The van der Waals surface area contributed by atoms with Crippen LogP contribution in [0.1, 0.15) is 48.3 Å². The van der Waals surface area contributed by atoms with E-state index in [4.69, 9.17) is 15.2 Å². The largest absolute Gasteiger partial charge is 0.465 e. The van der Waals surface area contributed by atoms with Gasteiger partial charge >= 0.3 is 12.2 Å². The van der Waals surface area contributed by atoms with Crippen LogP contribution in [0.2, 0.25) is 0 Å². The lowest BCUT2D eigenvalue weighted by Gasteiger charge is -2.41. The predicted molar refractivity (Wildman–Crippen MR) is 166 cm³/mol. The van der Waals surface area contributed by atoms with E-state index in [2.05, 4.69) is 16.0 Å². The van der Waals surface area contributed by atoms with E-state index in [1.807, 2.05) is 84.9 Å². The number of carboxylic acid groups (broad SMARTS) is 1. The average Bonchev–Trinajstić information content (AvgIpc) is 3.00. The molecular formula is C34H40N4O6. The molecule has 1 unspecified atom stereocenters. The number of ether oxygens (including phenoxy) is 2. The molecule has 0 bridgehead atoms. The van der Waals surface area contributed by atoms with Gasteiger partial charge in [0.25, 0.3) is 0 Å². The fourth-order valence-electron chi connectivity index (χ4n) is 6.16. The third-order valence-electron chi connectivity index (χ3n) is 8.61. The number of nitrogens with one attached hydrogen (secondary N) is 3. The van der Waals surface area contributed by atoms with E-state index in [1.165, 1.54) is 0 Å². The number of carbonyl (C=O) groups is 3. The number of morpholine rings is 1. The molecule has 3 aromatic carbocycles. The summed E-state index contributed by atoms with van der Waals surface area (Å²) in [7, 11) is 0. The maximum atomic E-state index is 13.8. The number of carbonyl (C=O) groups excluding carboxylic acids is 2. The molecule has 1 saturated carbocycles. The molecule has 1 saturated heterocycles. The standard InChI is InChI=1S/C34H40N4O6/c35-33(40)44-31(25-15-9-16-25)28-21-43-26(20-36-28)19-18-22-10-7-8-17-27(22)37-32(39)30(38-34(41)42)29(23-11-3-1-4-12-23)24-13-5-2-6-14-24/h1-8,10-14,17,25-26,28-31,36,38H,9,15-16,18-21H2,(H2,35,40)(H,37,39)(H,41,42)/t26-,28+,30+,31?/m1/s1. The summed E-state index contributed by atoms with van der Waals surface area (Å²) in [5.41, 5.74) is 8.51. The summed E-state index contributed by atoms with van der Waals surface area (Å²) in [6, 6.07) is 25.2. The van der Waals surface area contributed by atoms with Crippen molar-refractivity contribution in [1.82, 2.24) is 10.6 Å². The summed E-state index contributed by atoms with van der Waals surface area (Å²) in [6.45, 7) is 1.02. The first-order valence-electron chi connectivity index (χ1n) is 15.2. The molecule has 10 heteroatoms. The van der Waals surface area contributed by atoms with Gasteiger partial charge in [-0.15, -0.1) is 0 Å². The van der Waals surface area contributed by atoms with Crippen LogP contribution in [0.15, 0.2) is 84.9 Å². The topological polar surface area (TPSA) is 152 Å². The molecule has 1 heterocycles. The van der Waals surface area contributed by atoms with Gasteiger partial charge in [0.2, 0.25) is 5.91 Å². The van der Waals surface area contributed by atoms with Gasteiger partial charge in [-0.05, 0) is 54.4 Å². The number of benzene rings is 3. The van der Waals surface area contributed by atoms with Crippen molar-refractivity contribution in [2.75, 3.05) is 18.5 Å². The van der Waals surface area contributed by atoms with E-state index in [1.54, 1.807) is 0 Å². The molecular weight excluding hydrogens is 560 g/mol. The molecule has 3 aromatic rings. The van der Waals surface area contributed by atoms with Crippen LogP contribution in [-0.2, 0) is 20.7 Å². The monoisotopic (exact) mass is 600 g/mol. The Morgan fingerprint density at radius 3 is 2.14 bits per heavy atom. The Morgan fingerprint density at radius 1 is 0.955 bits per heavy atom. The van der Waals surface area contributed by atoms with Crippen LogP contribution in [0.4, 0.5) is 15.3 Å². The van der Waals surface area contributed by atoms with Crippen molar-refractivity contribution in [2.24, 2.45) is 11.7 Å². The third kappa shape index (κ3) is 7.94. The molecule has 1 aliphatic heterocycles. The number of hydrogen-bond acceptors (Lipinski definition) is 6. The van der Waals surface area contributed by atoms with Gasteiger partial charge in [0.15, 0.2) is 0 Å². The Bertz CT molecular complexity index is 1350. The van der Waals surface area contributed by atoms with E-state index in [0.29, 0.717) is 37.6 Å². The summed E-state index contributed by atoms with van der Waals surface area (Å²) >= 11 is 0. The molecule has 0 aromatic heterocycles. The minimum absolute atomic E-state index is 0.0624. The molecule has 4 atom stereocenters. The number of para-hydroxylation sites is 1. The predicted octanol–water partition coefficient (Wildman–Crippen LogP) is 4.65. The lowest BCUT2D eigenvalue weighted by Crippen LogP contribution is -2.56. The molecule has 5 rings (SSSR count). The van der Waals surface area contributed by atoms with Crippen molar-refractivity contribution in [3.05, 3.63) is 102 Å². The van der Waals surface area contributed by atoms with Gasteiger partial charge in [-0.1, -0.05) is 85.3 Å². The fraction of sp³-hybridized carbons (Fsp3) is 0.382. The zero-order valence-corrected chi connectivity index (χ0v) is 24.6. The molecule has 232 valence electrons. The summed E-state index contributed by atoms with van der Waals surface area (Å²) in [5, 5.41) is 18.7. The van der Waals surface area contributed by atoms with Gasteiger partial charge in [0.05, 0.1) is 18.8 Å². The van der Waals surface area contributed by atoms with Crippen molar-refractivity contribution < 1.29 is 29.0 Å². The molecule has 3 amide bonds. The SMILES string of the molecule is NC(=O)OC(C1CCC1)[C@@H]1CO[C@H](CCc2ccccc2NC(=O)[C@@H](NC(=O)O)C(c2ccccc2)c2ccccc2)CN1. The molecule has 0 spiro atoms. The number of amides is 3. The first-order chi connectivity index (χ1) is 21.4. The second kappa shape index (κ2) is 14.9. The highest BCUT2D eigenvalue weighted by Gasteiger charge is 2.38. The molecule has 2 fully saturated rings. The van der Waals surface area contributed by atoms with Crippen LogP contribution in [-0.4, -0.2) is 60.6 Å². The van der Waals surface area contributed by atoms with Gasteiger partial charge in [-0.3, -0.25) is 4.79 Å². The van der Waals surface area contributed by atoms with Crippen molar-refractivity contribution in [1.29, 1.82) is 0 Å². The Hall–Kier alpha value is -4.41. The molecule has 2 aliphatic rings. The first-order valence-corrected chi connectivity index (χ1v) is 15.2. The highest BCUT2D eigenvalue weighted by molar-refractivity contribution is 5.98. The van der Waals surface area contributed by atoms with Gasteiger partial charge in [-0.2, -0.15) is 0 Å². The molecule has 44 heavy (non-hydrogen) atoms. The zero-order chi connectivity index (χ0) is 30.9. The van der Waals surface area contributed by atoms with E-state index in [-0.39, 0.29) is 18.2 Å². The summed E-state index contributed by atoms with van der Waals surface area (Å²) in [5.74, 6) is -0.691. The summed E-state index contributed by atoms with van der Waals surface area (Å²) in [6.07, 6.45) is 2.10. The average molecular weight is 601 g/mol. The summed E-state index contributed by atoms with van der Waals surface area (Å²) in [4.78, 5) is 37.2. The fourth-order valence-corrected chi connectivity index (χ4v) is 6.16. The van der Waals surface area contributed by atoms with Crippen LogP contribution < -0.4 is 21.7 Å². The van der Waals surface area contributed by atoms with Crippen molar-refractivity contribution in [3.8, 4) is 0 Å². The highest BCUT2D eigenvalue weighted by Crippen LogP contribution is 2.34. The highest BCUT2D eigenvalue weighted by atomic mass is 16.6. The van der Waals surface area contributed by atoms with Crippen LogP contribution in [0.5, 0.6) is 0 Å². The Morgan fingerprint density at radius 2 is 1.59 bits per heavy atom. The molecule has 1 aliphatic carbocycles. The number of aryl methyl sites for hydroxylation is 1. The van der Waals surface area contributed by atoms with Crippen LogP contribution in [0.3, 0.4) is 0 Å². The van der Waals surface area contributed by atoms with E-state index in [9.17, 15) is 19.5 Å². The van der Waals surface area contributed by atoms with E-state index in [0.717, 1.165) is 36.0 Å². The third-order valence-corrected chi connectivity index (χ3v) is 8.61. The van der Waals surface area contributed by atoms with Crippen LogP contribution in [0, 0.1) is 5.92 Å². The Labute approximate surface area is 257 Å². The minimum atomic E-state index is -1.28. The molecule has 10 nitrogen and oxygen atoms in total. The Balaban J connectivity index is 1.25. The second-order valence-electron chi connectivity index (χ2n) is 11.5. The lowest BCUT2D eigenvalue weighted by atomic mass is 9.78. The molecule has 0 radical (unpaired) electrons. The zero-order valence-electron chi connectivity index (χ0n) is 24.6. The van der Waals surface area contributed by atoms with Crippen molar-refractivity contribution >= 4 is 23.8 Å². The van der Waals surface area contributed by atoms with Gasteiger partial charge in [0, 0.05) is 18.2 Å².